The van der Waals surface area contributed by atoms with Crippen LogP contribution in [-0.4, -0.2) is 30.1 Å². The molecule has 0 spiro atoms. The Bertz CT molecular complexity index is 169. The minimum atomic E-state index is -0.0176. The van der Waals surface area contributed by atoms with E-state index in [9.17, 15) is 0 Å². The molecule has 0 bridgehead atoms. The van der Waals surface area contributed by atoms with E-state index in [1.807, 2.05) is 14.0 Å². The average Bonchev–Trinajstić information content (AvgIpc) is 2.03. The predicted molar refractivity (Wildman–Crippen MR) is 50.6 cm³/mol. The monoisotopic (exact) mass is 169 g/mol. The Kier molecular flexibility index (Phi) is 4.22. The maximum Gasteiger partial charge on any atom is 0.0638 e. The number of nitriles is 1. The van der Waals surface area contributed by atoms with Gasteiger partial charge >= 0.3 is 0 Å². The summed E-state index contributed by atoms with van der Waals surface area (Å²) in [6.45, 7) is 6.82. The number of nitrogens with zero attached hydrogens (tertiary/aromatic N) is 2. The van der Waals surface area contributed by atoms with E-state index in [0.717, 1.165) is 0 Å². The first kappa shape index (κ1) is 11.4. The molecule has 0 saturated heterocycles. The van der Waals surface area contributed by atoms with Crippen molar-refractivity contribution in [1.29, 1.82) is 5.26 Å². The first-order chi connectivity index (χ1) is 5.45. The van der Waals surface area contributed by atoms with E-state index in [-0.39, 0.29) is 11.6 Å². The fourth-order valence-electron chi connectivity index (χ4n) is 1.01. The molecule has 0 aliphatic rings. The summed E-state index contributed by atoms with van der Waals surface area (Å²) in [5.74, 6) is 0. The molecule has 0 saturated carbocycles. The molecule has 1 unspecified atom stereocenters. The molecule has 0 aromatic rings. The van der Waals surface area contributed by atoms with Gasteiger partial charge in [0.05, 0.1) is 12.5 Å². The molecule has 3 heteroatoms. The van der Waals surface area contributed by atoms with Crippen LogP contribution in [0.2, 0.25) is 0 Å². The fraction of sp³-hybridized carbons (Fsp3) is 0.889. The van der Waals surface area contributed by atoms with Gasteiger partial charge in [0.25, 0.3) is 0 Å². The minimum absolute atomic E-state index is 0.0176. The average molecular weight is 169 g/mol. The number of rotatable bonds is 4. The maximum atomic E-state index is 8.52. The summed E-state index contributed by atoms with van der Waals surface area (Å²) in [4.78, 5) is 2.15. The third-order valence-electron chi connectivity index (χ3n) is 2.50. The van der Waals surface area contributed by atoms with Gasteiger partial charge in [-0.15, -0.1) is 0 Å². The van der Waals surface area contributed by atoms with Crippen LogP contribution in [0.15, 0.2) is 0 Å². The molecule has 0 amide bonds. The van der Waals surface area contributed by atoms with Gasteiger partial charge in [0.15, 0.2) is 0 Å². The van der Waals surface area contributed by atoms with Crippen molar-refractivity contribution in [1.82, 2.24) is 4.90 Å². The van der Waals surface area contributed by atoms with E-state index in [4.69, 9.17) is 11.0 Å². The lowest BCUT2D eigenvalue weighted by atomic mass is 10.0. The first-order valence-corrected chi connectivity index (χ1v) is 4.25. The number of nitrogens with two attached hydrogens (primary N) is 1. The third-order valence-corrected chi connectivity index (χ3v) is 2.50. The molecule has 12 heavy (non-hydrogen) atoms. The van der Waals surface area contributed by atoms with E-state index < -0.39 is 0 Å². The summed E-state index contributed by atoms with van der Waals surface area (Å²) in [5.41, 5.74) is 5.60. The maximum absolute atomic E-state index is 8.52. The van der Waals surface area contributed by atoms with Crippen LogP contribution in [0.1, 0.15) is 27.2 Å². The molecule has 0 aromatic heterocycles. The van der Waals surface area contributed by atoms with Crippen molar-refractivity contribution < 1.29 is 0 Å². The fourth-order valence-corrected chi connectivity index (χ4v) is 1.01. The van der Waals surface area contributed by atoms with Crippen molar-refractivity contribution in [2.24, 2.45) is 5.73 Å². The highest BCUT2D eigenvalue weighted by atomic mass is 15.2. The lowest BCUT2D eigenvalue weighted by molar-refractivity contribution is 0.119. The van der Waals surface area contributed by atoms with Crippen LogP contribution < -0.4 is 5.73 Å². The Labute approximate surface area is 75.2 Å². The third kappa shape index (κ3) is 2.80. The number of hydrogen-bond donors (Lipinski definition) is 1. The predicted octanol–water partition coefficient (Wildman–Crippen LogP) is 0.958. The van der Waals surface area contributed by atoms with E-state index in [1.165, 1.54) is 0 Å². The van der Waals surface area contributed by atoms with Gasteiger partial charge in [0.2, 0.25) is 0 Å². The van der Waals surface area contributed by atoms with E-state index in [1.54, 1.807) is 0 Å². The van der Waals surface area contributed by atoms with Crippen LogP contribution in [0.3, 0.4) is 0 Å². The van der Waals surface area contributed by atoms with Gasteiger partial charge in [-0.25, -0.2) is 0 Å². The lowest BCUT2D eigenvalue weighted by Gasteiger charge is -2.38. The lowest BCUT2D eigenvalue weighted by Crippen LogP contribution is -2.50. The van der Waals surface area contributed by atoms with Crippen molar-refractivity contribution in [2.45, 2.75) is 38.8 Å². The molecule has 70 valence electrons. The standard InChI is InChI=1S/C9H19N3/c1-8(5-6-10)12(4)9(2,3)7-11/h8H,5,7,11H2,1-4H3. The van der Waals surface area contributed by atoms with Crippen molar-refractivity contribution in [3.05, 3.63) is 0 Å². The quantitative estimate of drug-likeness (QED) is 0.682. The SMILES string of the molecule is CC(CC#N)N(C)C(C)(C)CN. The zero-order valence-corrected chi connectivity index (χ0v) is 8.46. The van der Waals surface area contributed by atoms with Crippen LogP contribution in [0, 0.1) is 11.3 Å². The summed E-state index contributed by atoms with van der Waals surface area (Å²) >= 11 is 0. The highest BCUT2D eigenvalue weighted by molar-refractivity contribution is 4.87. The van der Waals surface area contributed by atoms with Crippen LogP contribution >= 0.6 is 0 Å². The second-order valence-electron chi connectivity index (χ2n) is 3.84. The molecule has 2 N–H and O–H groups in total. The van der Waals surface area contributed by atoms with Crippen LogP contribution in [0.5, 0.6) is 0 Å². The second-order valence-corrected chi connectivity index (χ2v) is 3.84. The van der Waals surface area contributed by atoms with Crippen LogP contribution in [0.4, 0.5) is 0 Å². The van der Waals surface area contributed by atoms with Gasteiger partial charge < -0.3 is 5.73 Å². The number of hydrogen-bond acceptors (Lipinski definition) is 3. The van der Waals surface area contributed by atoms with Gasteiger partial charge in [0.1, 0.15) is 0 Å². The van der Waals surface area contributed by atoms with Crippen molar-refractivity contribution >= 4 is 0 Å². The largest absolute Gasteiger partial charge is 0.329 e. The van der Waals surface area contributed by atoms with Crippen molar-refractivity contribution in [3.8, 4) is 6.07 Å². The smallest absolute Gasteiger partial charge is 0.0638 e. The van der Waals surface area contributed by atoms with Gasteiger partial charge in [-0.2, -0.15) is 5.26 Å². The van der Waals surface area contributed by atoms with Gasteiger partial charge in [0, 0.05) is 18.1 Å². The highest BCUT2D eigenvalue weighted by Gasteiger charge is 2.25. The molecule has 0 aromatic carbocycles. The molecule has 0 aliphatic heterocycles. The zero-order valence-electron chi connectivity index (χ0n) is 8.46. The Morgan fingerprint density at radius 3 is 2.42 bits per heavy atom. The Balaban J connectivity index is 4.19. The summed E-state index contributed by atoms with van der Waals surface area (Å²) in [6, 6.07) is 2.43. The van der Waals surface area contributed by atoms with Crippen LogP contribution in [-0.2, 0) is 0 Å². The van der Waals surface area contributed by atoms with Gasteiger partial charge in [-0.1, -0.05) is 0 Å². The molecule has 0 radical (unpaired) electrons. The normalized spacial score (nSPS) is 14.4. The minimum Gasteiger partial charge on any atom is -0.329 e. The molecule has 0 rings (SSSR count). The molecular formula is C9H19N3. The first-order valence-electron chi connectivity index (χ1n) is 4.25. The number of likely N-dealkylation sites (N-methyl/N-ethyl adjacent to an activating group) is 1. The summed E-state index contributed by atoms with van der Waals surface area (Å²) in [7, 11) is 2.01. The molecule has 0 fully saturated rings. The Hall–Kier alpha value is -0.590. The van der Waals surface area contributed by atoms with Crippen LogP contribution in [0.25, 0.3) is 0 Å². The second kappa shape index (κ2) is 4.44. The topological polar surface area (TPSA) is 53.0 Å². The highest BCUT2D eigenvalue weighted by Crippen LogP contribution is 2.15. The molecule has 0 heterocycles. The Morgan fingerprint density at radius 1 is 1.58 bits per heavy atom. The van der Waals surface area contributed by atoms with E-state index >= 15 is 0 Å². The zero-order chi connectivity index (χ0) is 9.78. The molecule has 1 atom stereocenters. The van der Waals surface area contributed by atoms with Crippen molar-refractivity contribution in [2.75, 3.05) is 13.6 Å². The molecule has 0 aliphatic carbocycles. The van der Waals surface area contributed by atoms with E-state index in [0.29, 0.717) is 13.0 Å². The summed E-state index contributed by atoms with van der Waals surface area (Å²) in [5, 5.41) is 8.52. The summed E-state index contributed by atoms with van der Waals surface area (Å²) in [6.07, 6.45) is 0.555. The molecular weight excluding hydrogens is 150 g/mol. The molecule has 3 nitrogen and oxygen atoms in total. The summed E-state index contributed by atoms with van der Waals surface area (Å²) < 4.78 is 0. The van der Waals surface area contributed by atoms with Gasteiger partial charge in [-0.05, 0) is 27.8 Å². The van der Waals surface area contributed by atoms with E-state index in [2.05, 4.69) is 24.8 Å². The van der Waals surface area contributed by atoms with Crippen molar-refractivity contribution in [3.63, 3.8) is 0 Å². The van der Waals surface area contributed by atoms with Gasteiger partial charge in [-0.3, -0.25) is 4.90 Å². The Morgan fingerprint density at radius 2 is 2.08 bits per heavy atom.